The van der Waals surface area contributed by atoms with Crippen LogP contribution in [0.25, 0.3) is 22.1 Å². The van der Waals surface area contributed by atoms with Crippen LogP contribution in [0.2, 0.25) is 0 Å². The van der Waals surface area contributed by atoms with Crippen molar-refractivity contribution >= 4 is 22.1 Å². The topological polar surface area (TPSA) is 39.7 Å². The van der Waals surface area contributed by atoms with Crippen LogP contribution in [0, 0.1) is 13.8 Å². The molecule has 6 heteroatoms. The standard InChI is InChI=1S/C27H29N5O/c1-20-29-14-16-33-17-15-30-21(2)32(27-13-6-4-11-25(27)30)19-23-9-7-8-22(28-23)18-31(20)26-12-5-3-10-24(26)29/h3-13H,14-19H2,1-2H3/q+2. The molecule has 2 aromatic carbocycles. The van der Waals surface area contributed by atoms with Gasteiger partial charge in [0, 0.05) is 13.8 Å². The highest BCUT2D eigenvalue weighted by molar-refractivity contribution is 5.73. The van der Waals surface area contributed by atoms with E-state index < -0.39 is 0 Å². The Hall–Kier alpha value is -3.51. The maximum absolute atomic E-state index is 6.14. The Kier molecular flexibility index (Phi) is 4.95. The number of hydrogen-bond acceptors (Lipinski definition) is 2. The highest BCUT2D eigenvalue weighted by atomic mass is 16.5. The Labute approximate surface area is 193 Å². The van der Waals surface area contributed by atoms with Crippen molar-refractivity contribution in [2.75, 3.05) is 13.2 Å². The van der Waals surface area contributed by atoms with Crippen LogP contribution in [0.1, 0.15) is 23.0 Å². The molecule has 0 saturated carbocycles. The zero-order chi connectivity index (χ0) is 22.4. The maximum Gasteiger partial charge on any atom is 0.254 e. The summed E-state index contributed by atoms with van der Waals surface area (Å²) in [5.41, 5.74) is 7.11. The van der Waals surface area contributed by atoms with E-state index in [0.29, 0.717) is 13.2 Å². The molecule has 0 unspecified atom stereocenters. The predicted molar refractivity (Wildman–Crippen MR) is 127 cm³/mol. The molecule has 4 heterocycles. The zero-order valence-corrected chi connectivity index (χ0v) is 19.2. The summed E-state index contributed by atoms with van der Waals surface area (Å²) in [5.74, 6) is 2.45. The van der Waals surface area contributed by atoms with E-state index in [4.69, 9.17) is 9.72 Å². The Morgan fingerprint density at radius 2 is 1.15 bits per heavy atom. The molecule has 166 valence electrons. The SMILES string of the molecule is Cc1n2c3ccccc3[n+]1Cc1cccc(n1)C[n+]1c(C)n(c3ccccc31)CCOCC2. The second kappa shape index (κ2) is 8.12. The first-order valence-electron chi connectivity index (χ1n) is 11.7. The van der Waals surface area contributed by atoms with Gasteiger partial charge < -0.3 is 4.74 Å². The van der Waals surface area contributed by atoms with Gasteiger partial charge in [0.05, 0.1) is 24.6 Å². The van der Waals surface area contributed by atoms with Crippen LogP contribution in [0.3, 0.4) is 0 Å². The molecule has 3 aromatic heterocycles. The van der Waals surface area contributed by atoms with E-state index in [-0.39, 0.29) is 0 Å². The van der Waals surface area contributed by atoms with Gasteiger partial charge >= 0.3 is 0 Å². The molecule has 0 aliphatic carbocycles. The number of pyridine rings is 1. The molecule has 5 aromatic rings. The van der Waals surface area contributed by atoms with Gasteiger partial charge in [-0.2, -0.15) is 0 Å². The van der Waals surface area contributed by atoms with Gasteiger partial charge in [0.15, 0.2) is 22.1 Å². The summed E-state index contributed by atoms with van der Waals surface area (Å²) in [4.78, 5) is 5.08. The molecule has 0 N–H and O–H groups in total. The average Bonchev–Trinajstić information content (AvgIpc) is 3.25. The fourth-order valence-corrected chi connectivity index (χ4v) is 5.24. The lowest BCUT2D eigenvalue weighted by Gasteiger charge is -2.07. The molecule has 0 amide bonds. The summed E-state index contributed by atoms with van der Waals surface area (Å²) in [7, 11) is 0. The lowest BCUT2D eigenvalue weighted by atomic mass is 10.2. The van der Waals surface area contributed by atoms with Crippen molar-refractivity contribution < 1.29 is 13.9 Å². The Bertz CT molecular complexity index is 1370. The smallest absolute Gasteiger partial charge is 0.254 e. The maximum atomic E-state index is 6.14. The summed E-state index contributed by atoms with van der Waals surface area (Å²) in [6, 6.07) is 23.6. The lowest BCUT2D eigenvalue weighted by Crippen LogP contribution is -2.39. The molecule has 6 bridgehead atoms. The first-order valence-corrected chi connectivity index (χ1v) is 11.7. The second-order valence-corrected chi connectivity index (χ2v) is 8.78. The van der Waals surface area contributed by atoms with E-state index in [1.165, 1.54) is 33.7 Å². The number of imidazole rings is 2. The van der Waals surface area contributed by atoms with Crippen LogP contribution in [0.5, 0.6) is 0 Å². The van der Waals surface area contributed by atoms with Crippen molar-refractivity contribution in [3.63, 3.8) is 0 Å². The van der Waals surface area contributed by atoms with Gasteiger partial charge in [0.1, 0.15) is 26.2 Å². The lowest BCUT2D eigenvalue weighted by molar-refractivity contribution is -0.671. The third-order valence-electron chi connectivity index (χ3n) is 6.91. The summed E-state index contributed by atoms with van der Waals surface area (Å²) in [6.07, 6.45) is 0. The summed E-state index contributed by atoms with van der Waals surface area (Å²) >= 11 is 0. The number of benzene rings is 2. The second-order valence-electron chi connectivity index (χ2n) is 8.78. The van der Waals surface area contributed by atoms with Gasteiger partial charge in [-0.05, 0) is 36.4 Å². The normalized spacial score (nSPS) is 14.7. The third kappa shape index (κ3) is 3.42. The first-order chi connectivity index (χ1) is 16.2. The minimum atomic E-state index is 0.686. The number of ether oxygens (including phenoxy) is 1. The quantitative estimate of drug-likeness (QED) is 0.347. The van der Waals surface area contributed by atoms with Gasteiger partial charge in [-0.15, -0.1) is 0 Å². The average molecular weight is 440 g/mol. The molecular weight excluding hydrogens is 410 g/mol. The van der Waals surface area contributed by atoms with Crippen molar-refractivity contribution in [3.05, 3.63) is 89.8 Å². The highest BCUT2D eigenvalue weighted by Crippen LogP contribution is 2.17. The molecule has 1 aliphatic heterocycles. The van der Waals surface area contributed by atoms with Crippen molar-refractivity contribution in [3.8, 4) is 0 Å². The minimum Gasteiger partial charge on any atom is -0.373 e. The van der Waals surface area contributed by atoms with Crippen molar-refractivity contribution in [1.29, 1.82) is 0 Å². The summed E-state index contributed by atoms with van der Waals surface area (Å²) in [6.45, 7) is 8.92. The number of hydrogen-bond donors (Lipinski definition) is 0. The fraction of sp³-hybridized carbons (Fsp3) is 0.296. The number of rotatable bonds is 0. The summed E-state index contributed by atoms with van der Waals surface area (Å²) < 4.78 is 15.6. The largest absolute Gasteiger partial charge is 0.373 e. The van der Waals surface area contributed by atoms with Crippen LogP contribution in [-0.2, 0) is 30.9 Å². The van der Waals surface area contributed by atoms with Crippen LogP contribution >= 0.6 is 0 Å². The molecule has 0 fully saturated rings. The van der Waals surface area contributed by atoms with Crippen molar-refractivity contribution in [1.82, 2.24) is 14.1 Å². The summed E-state index contributed by atoms with van der Waals surface area (Å²) in [5, 5.41) is 0. The molecule has 6 nitrogen and oxygen atoms in total. The van der Waals surface area contributed by atoms with E-state index in [0.717, 1.165) is 37.6 Å². The molecule has 0 saturated heterocycles. The Morgan fingerprint density at radius 1 is 0.667 bits per heavy atom. The Morgan fingerprint density at radius 3 is 1.67 bits per heavy atom. The van der Waals surface area contributed by atoms with Crippen LogP contribution in [0.15, 0.2) is 66.7 Å². The molecule has 0 spiro atoms. The zero-order valence-electron chi connectivity index (χ0n) is 19.2. The van der Waals surface area contributed by atoms with Gasteiger partial charge in [-0.25, -0.2) is 23.3 Å². The van der Waals surface area contributed by atoms with Gasteiger partial charge in [0.25, 0.3) is 11.6 Å². The number of fused-ring (bicyclic) bond motifs is 12. The Balaban J connectivity index is 1.48. The molecule has 6 rings (SSSR count). The number of aromatic nitrogens is 5. The van der Waals surface area contributed by atoms with E-state index in [1.54, 1.807) is 0 Å². The van der Waals surface area contributed by atoms with Crippen molar-refractivity contribution in [2.24, 2.45) is 0 Å². The molecule has 1 aliphatic rings. The van der Waals surface area contributed by atoms with Gasteiger partial charge in [-0.3, -0.25) is 0 Å². The molecule has 0 atom stereocenters. The number of nitrogens with zero attached hydrogens (tertiary/aromatic N) is 5. The first kappa shape index (κ1) is 20.1. The van der Waals surface area contributed by atoms with Crippen LogP contribution < -0.4 is 9.13 Å². The van der Waals surface area contributed by atoms with Gasteiger partial charge in [-0.1, -0.05) is 30.3 Å². The van der Waals surface area contributed by atoms with E-state index in [9.17, 15) is 0 Å². The monoisotopic (exact) mass is 439 g/mol. The molecule has 0 radical (unpaired) electrons. The van der Waals surface area contributed by atoms with E-state index in [1.807, 2.05) is 0 Å². The highest BCUT2D eigenvalue weighted by Gasteiger charge is 2.24. The van der Waals surface area contributed by atoms with E-state index >= 15 is 0 Å². The molecule has 33 heavy (non-hydrogen) atoms. The van der Waals surface area contributed by atoms with Crippen LogP contribution in [0.4, 0.5) is 0 Å². The number of para-hydroxylation sites is 4. The van der Waals surface area contributed by atoms with E-state index in [2.05, 4.69) is 98.8 Å². The minimum absolute atomic E-state index is 0.686. The van der Waals surface area contributed by atoms with Crippen LogP contribution in [-0.4, -0.2) is 27.3 Å². The third-order valence-corrected chi connectivity index (χ3v) is 6.91. The fourth-order valence-electron chi connectivity index (χ4n) is 5.24. The predicted octanol–water partition coefficient (Wildman–Crippen LogP) is 3.31. The van der Waals surface area contributed by atoms with Gasteiger partial charge in [0.2, 0.25) is 0 Å². The molecular formula is C27H29N5O+2. The van der Waals surface area contributed by atoms with Crippen molar-refractivity contribution in [2.45, 2.75) is 40.0 Å².